The minimum atomic E-state index is -0.497. The van der Waals surface area contributed by atoms with Crippen molar-refractivity contribution in [1.82, 2.24) is 29.9 Å². The Labute approximate surface area is 168 Å². The third-order valence-corrected chi connectivity index (χ3v) is 5.82. The summed E-state index contributed by atoms with van der Waals surface area (Å²) in [7, 11) is 0. The molecule has 0 atom stereocenters. The van der Waals surface area contributed by atoms with E-state index in [4.69, 9.17) is 5.73 Å². The number of amides is 1. The minimum Gasteiger partial charge on any atom is -0.369 e. The Hall–Kier alpha value is -2.57. The molecule has 9 nitrogen and oxygen atoms in total. The van der Waals surface area contributed by atoms with E-state index in [9.17, 15) is 9.59 Å². The highest BCUT2D eigenvalue weighted by atomic mass is 79.9. The lowest BCUT2D eigenvalue weighted by molar-refractivity contribution is -0.115. The second-order valence-electron chi connectivity index (χ2n) is 5.30. The maximum Gasteiger partial charge on any atom is 0.262 e. The van der Waals surface area contributed by atoms with Crippen LogP contribution in [0, 0.1) is 0 Å². The number of halogens is 1. The average molecular weight is 464 g/mol. The molecule has 3 aromatic heterocycles. The number of rotatable bonds is 5. The fourth-order valence-corrected chi connectivity index (χ4v) is 4.18. The number of para-hydroxylation sites is 1. The van der Waals surface area contributed by atoms with E-state index >= 15 is 0 Å². The summed E-state index contributed by atoms with van der Waals surface area (Å²) in [6, 6.07) is 7.49. The lowest BCUT2D eigenvalue weighted by atomic mass is 10.2. The van der Waals surface area contributed by atoms with Gasteiger partial charge in [0.1, 0.15) is 5.39 Å². The number of aromatic nitrogens is 6. The van der Waals surface area contributed by atoms with Crippen LogP contribution in [0.2, 0.25) is 0 Å². The van der Waals surface area contributed by atoms with Crippen LogP contribution in [0.1, 0.15) is 0 Å². The van der Waals surface area contributed by atoms with Crippen molar-refractivity contribution in [2.24, 2.45) is 5.73 Å². The van der Waals surface area contributed by atoms with Gasteiger partial charge in [0.2, 0.25) is 5.91 Å². The normalized spacial score (nSPS) is 11.1. The summed E-state index contributed by atoms with van der Waals surface area (Å²) in [4.78, 5) is 30.4. The van der Waals surface area contributed by atoms with Crippen molar-refractivity contribution in [1.29, 1.82) is 0 Å². The Morgan fingerprint density at radius 1 is 1.33 bits per heavy atom. The molecule has 1 aromatic carbocycles. The average Bonchev–Trinajstić information content (AvgIpc) is 3.26. The monoisotopic (exact) mass is 463 g/mol. The molecule has 27 heavy (non-hydrogen) atoms. The van der Waals surface area contributed by atoms with Gasteiger partial charge in [-0.05, 0) is 28.1 Å². The molecule has 0 aliphatic rings. The molecule has 0 saturated carbocycles. The molecule has 0 fully saturated rings. The van der Waals surface area contributed by atoms with Crippen molar-refractivity contribution in [2.75, 3.05) is 5.75 Å². The highest BCUT2D eigenvalue weighted by Gasteiger charge is 2.17. The summed E-state index contributed by atoms with van der Waals surface area (Å²) in [6.07, 6.45) is 1.45. The van der Waals surface area contributed by atoms with Crippen molar-refractivity contribution < 1.29 is 4.79 Å². The molecule has 0 radical (unpaired) electrons. The molecule has 3 N–H and O–H groups in total. The number of primary amides is 1. The van der Waals surface area contributed by atoms with Gasteiger partial charge in [-0.15, -0.1) is 10.2 Å². The van der Waals surface area contributed by atoms with Gasteiger partial charge in [0.25, 0.3) is 5.56 Å². The third kappa shape index (κ3) is 3.50. The Kier molecular flexibility index (Phi) is 4.76. The second-order valence-corrected chi connectivity index (χ2v) is 8.51. The number of thioether (sulfide) groups is 1. The largest absolute Gasteiger partial charge is 0.369 e. The zero-order valence-electron chi connectivity index (χ0n) is 13.4. The predicted molar refractivity (Wildman–Crippen MR) is 106 cm³/mol. The SMILES string of the molecule is NC(=O)CSc1nc2c(cnn2-c2ccccc2-c2nnc(Br)s2)c(=O)[nH]1. The number of benzene rings is 1. The van der Waals surface area contributed by atoms with Crippen LogP contribution in [0.3, 0.4) is 0 Å². The highest BCUT2D eigenvalue weighted by molar-refractivity contribution is 9.11. The molecule has 4 aromatic rings. The van der Waals surface area contributed by atoms with Crippen LogP contribution in [0.5, 0.6) is 0 Å². The Morgan fingerprint density at radius 3 is 2.89 bits per heavy atom. The van der Waals surface area contributed by atoms with Crippen molar-refractivity contribution in [3.63, 3.8) is 0 Å². The molecule has 0 aliphatic carbocycles. The Morgan fingerprint density at radius 2 is 2.15 bits per heavy atom. The lowest BCUT2D eigenvalue weighted by Gasteiger charge is -2.08. The van der Waals surface area contributed by atoms with E-state index in [2.05, 4.69) is 41.2 Å². The topological polar surface area (TPSA) is 132 Å². The van der Waals surface area contributed by atoms with Gasteiger partial charge in [-0.2, -0.15) is 5.10 Å². The van der Waals surface area contributed by atoms with Crippen molar-refractivity contribution in [3.05, 3.63) is 44.7 Å². The summed E-state index contributed by atoms with van der Waals surface area (Å²) in [5.74, 6) is -0.485. The van der Waals surface area contributed by atoms with Gasteiger partial charge in [0.05, 0.1) is 17.6 Å². The van der Waals surface area contributed by atoms with Gasteiger partial charge in [-0.3, -0.25) is 9.59 Å². The molecule has 0 bridgehead atoms. The van der Waals surface area contributed by atoms with Gasteiger partial charge < -0.3 is 10.7 Å². The molecular weight excluding hydrogens is 454 g/mol. The van der Waals surface area contributed by atoms with Crippen LogP contribution >= 0.6 is 39.0 Å². The Balaban J connectivity index is 1.88. The van der Waals surface area contributed by atoms with Crippen LogP contribution in [0.4, 0.5) is 0 Å². The molecule has 0 saturated heterocycles. The maximum atomic E-state index is 12.3. The first-order valence-corrected chi connectivity index (χ1v) is 10.1. The van der Waals surface area contributed by atoms with Gasteiger partial charge >= 0.3 is 0 Å². The zero-order chi connectivity index (χ0) is 19.0. The van der Waals surface area contributed by atoms with E-state index in [-0.39, 0.29) is 11.3 Å². The molecular formula is C15H10BrN7O2S2. The second kappa shape index (κ2) is 7.21. The van der Waals surface area contributed by atoms with Gasteiger partial charge in [-0.25, -0.2) is 9.67 Å². The number of nitrogens with one attached hydrogen (secondary N) is 1. The van der Waals surface area contributed by atoms with E-state index in [0.717, 1.165) is 17.3 Å². The molecule has 12 heteroatoms. The number of carbonyl (C=O) groups is 1. The van der Waals surface area contributed by atoms with Gasteiger partial charge in [-0.1, -0.05) is 35.2 Å². The first-order valence-electron chi connectivity index (χ1n) is 7.51. The van der Waals surface area contributed by atoms with Crippen LogP contribution in [-0.2, 0) is 4.79 Å². The summed E-state index contributed by atoms with van der Waals surface area (Å²) < 4.78 is 2.24. The highest BCUT2D eigenvalue weighted by Crippen LogP contribution is 2.31. The maximum absolute atomic E-state index is 12.3. The van der Waals surface area contributed by atoms with Gasteiger partial charge in [0, 0.05) is 5.56 Å². The van der Waals surface area contributed by atoms with Crippen LogP contribution in [-0.4, -0.2) is 41.6 Å². The van der Waals surface area contributed by atoms with Crippen molar-refractivity contribution in [3.8, 4) is 16.3 Å². The number of nitrogens with two attached hydrogens (primary N) is 1. The van der Waals surface area contributed by atoms with E-state index in [0.29, 0.717) is 30.8 Å². The summed E-state index contributed by atoms with van der Waals surface area (Å²) in [5, 5.41) is 13.8. The fourth-order valence-electron chi connectivity index (χ4n) is 2.44. The van der Waals surface area contributed by atoms with Crippen LogP contribution < -0.4 is 11.3 Å². The minimum absolute atomic E-state index is 0.0119. The molecule has 0 aliphatic heterocycles. The first kappa shape index (κ1) is 17.8. The third-order valence-electron chi connectivity index (χ3n) is 3.53. The quantitative estimate of drug-likeness (QED) is 0.341. The fraction of sp³-hybridized carbons (Fsp3) is 0.0667. The molecule has 136 valence electrons. The molecule has 1 amide bonds. The summed E-state index contributed by atoms with van der Waals surface area (Å²) in [5.41, 5.74) is 6.72. The predicted octanol–water partition coefficient (Wildman–Crippen LogP) is 1.97. The van der Waals surface area contributed by atoms with E-state index in [1.165, 1.54) is 17.5 Å². The number of H-pyrrole nitrogens is 1. The smallest absolute Gasteiger partial charge is 0.262 e. The van der Waals surface area contributed by atoms with Crippen molar-refractivity contribution >= 4 is 56.0 Å². The summed E-state index contributed by atoms with van der Waals surface area (Å²) >= 11 is 5.76. The lowest BCUT2D eigenvalue weighted by Crippen LogP contribution is -2.15. The standard InChI is InChI=1S/C15H10BrN7O2S2/c16-14-22-21-13(27-14)7-3-1-2-4-9(7)23-11-8(5-18-23)12(25)20-15(19-11)26-6-10(17)24/h1-5H,6H2,(H2,17,24)(H,19,20,25). The van der Waals surface area contributed by atoms with Crippen LogP contribution in [0.25, 0.3) is 27.3 Å². The molecule has 0 unspecified atom stereocenters. The number of fused-ring (bicyclic) bond motifs is 1. The number of hydrogen-bond acceptors (Lipinski definition) is 8. The number of hydrogen-bond donors (Lipinski definition) is 2. The van der Waals surface area contributed by atoms with E-state index in [1.54, 1.807) is 4.68 Å². The number of carbonyl (C=O) groups excluding carboxylic acids is 1. The molecule has 4 rings (SSSR count). The summed E-state index contributed by atoms with van der Waals surface area (Å²) in [6.45, 7) is 0. The number of nitrogens with zero attached hydrogens (tertiary/aromatic N) is 5. The first-order chi connectivity index (χ1) is 13.0. The van der Waals surface area contributed by atoms with Gasteiger partial charge in [0.15, 0.2) is 19.7 Å². The molecule has 3 heterocycles. The zero-order valence-corrected chi connectivity index (χ0v) is 16.6. The number of aromatic amines is 1. The van der Waals surface area contributed by atoms with Crippen LogP contribution in [0.15, 0.2) is 44.3 Å². The Bertz CT molecular complexity index is 1220. The van der Waals surface area contributed by atoms with Crippen molar-refractivity contribution in [2.45, 2.75) is 5.16 Å². The van der Waals surface area contributed by atoms with E-state index < -0.39 is 5.91 Å². The molecule has 0 spiro atoms. The van der Waals surface area contributed by atoms with E-state index in [1.807, 2.05) is 24.3 Å².